The van der Waals surface area contributed by atoms with Gasteiger partial charge in [0, 0.05) is 18.0 Å². The molecule has 2 fully saturated rings. The second-order valence-corrected chi connectivity index (χ2v) is 11.0. The lowest BCUT2D eigenvalue weighted by molar-refractivity contribution is -0.121. The molecule has 2 heterocycles. The van der Waals surface area contributed by atoms with Gasteiger partial charge in [-0.25, -0.2) is 13.1 Å². The molecule has 3 aliphatic rings. The minimum Gasteiger partial charge on any atom is -0.482 e. The molecule has 5 rings (SSSR count). The van der Waals surface area contributed by atoms with E-state index in [2.05, 4.69) is 21.8 Å². The van der Waals surface area contributed by atoms with Crippen LogP contribution in [0.1, 0.15) is 63.1 Å². The zero-order valence-corrected chi connectivity index (χ0v) is 19.3. The number of anilines is 1. The first-order valence-corrected chi connectivity index (χ1v) is 12.8. The number of halogens is 1. The second kappa shape index (κ2) is 8.31. The minimum absolute atomic E-state index is 0.0236. The Morgan fingerprint density at radius 1 is 1.19 bits per heavy atom. The molecule has 0 atom stereocenters. The van der Waals surface area contributed by atoms with Crippen molar-refractivity contribution in [1.82, 2.24) is 14.9 Å². The van der Waals surface area contributed by atoms with Crippen LogP contribution in [0.2, 0.25) is 5.02 Å². The minimum atomic E-state index is -3.84. The molecule has 0 bridgehead atoms. The molecule has 172 valence electrons. The molecule has 2 aromatic rings. The average Bonchev–Trinajstić information content (AvgIpc) is 3.50. The smallest absolute Gasteiger partial charge is 0.265 e. The standard InChI is InChI=1S/C21H25ClN4O5S/c1-12-2-6-14(7-3-12)25-32(28,29)18-9-17-16(8-15(18)22)26(20(27)11-30-17)10-19-23-21(31-24-19)13-4-5-13/h8-9,12-14,25H,2-7,10-11H2,1H3. The van der Waals surface area contributed by atoms with Crippen molar-refractivity contribution in [3.8, 4) is 5.75 Å². The van der Waals surface area contributed by atoms with Gasteiger partial charge in [0.1, 0.15) is 10.6 Å². The Morgan fingerprint density at radius 3 is 2.66 bits per heavy atom. The van der Waals surface area contributed by atoms with E-state index in [0.29, 0.717) is 29.2 Å². The number of hydrogen-bond acceptors (Lipinski definition) is 7. The van der Waals surface area contributed by atoms with Crippen LogP contribution in [0.25, 0.3) is 0 Å². The van der Waals surface area contributed by atoms with Crippen LogP contribution in [0.5, 0.6) is 5.75 Å². The van der Waals surface area contributed by atoms with Crippen molar-refractivity contribution in [2.75, 3.05) is 11.5 Å². The van der Waals surface area contributed by atoms with Gasteiger partial charge in [-0.05, 0) is 50.5 Å². The van der Waals surface area contributed by atoms with Crippen molar-refractivity contribution in [1.29, 1.82) is 0 Å². The number of fused-ring (bicyclic) bond motifs is 1. The van der Waals surface area contributed by atoms with E-state index in [9.17, 15) is 13.2 Å². The van der Waals surface area contributed by atoms with Crippen molar-refractivity contribution in [2.24, 2.45) is 5.92 Å². The molecule has 2 aliphatic carbocycles. The lowest BCUT2D eigenvalue weighted by Gasteiger charge is -2.30. The van der Waals surface area contributed by atoms with Gasteiger partial charge in [0.05, 0.1) is 17.3 Å². The maximum Gasteiger partial charge on any atom is 0.265 e. The fraction of sp³-hybridized carbons (Fsp3) is 0.571. The molecule has 1 aromatic heterocycles. The summed E-state index contributed by atoms with van der Waals surface area (Å²) in [5, 5.41) is 3.99. The summed E-state index contributed by atoms with van der Waals surface area (Å²) in [6, 6.07) is 2.73. The number of nitrogens with zero attached hydrogens (tertiary/aromatic N) is 3. The third kappa shape index (κ3) is 4.35. The Bertz CT molecular complexity index is 1140. The molecule has 2 saturated carbocycles. The van der Waals surface area contributed by atoms with Gasteiger partial charge < -0.3 is 9.26 Å². The maximum absolute atomic E-state index is 13.0. The molecule has 1 aliphatic heterocycles. The largest absolute Gasteiger partial charge is 0.482 e. The van der Waals surface area contributed by atoms with E-state index < -0.39 is 10.0 Å². The highest BCUT2D eigenvalue weighted by atomic mass is 35.5. The van der Waals surface area contributed by atoms with Crippen LogP contribution in [-0.2, 0) is 21.4 Å². The van der Waals surface area contributed by atoms with Crippen molar-refractivity contribution in [3.63, 3.8) is 0 Å². The van der Waals surface area contributed by atoms with E-state index in [1.54, 1.807) is 0 Å². The summed E-state index contributed by atoms with van der Waals surface area (Å²) in [6.07, 6.45) is 5.64. The van der Waals surface area contributed by atoms with Crippen LogP contribution >= 0.6 is 11.6 Å². The molecule has 32 heavy (non-hydrogen) atoms. The van der Waals surface area contributed by atoms with Gasteiger partial charge in [0.15, 0.2) is 12.4 Å². The highest BCUT2D eigenvalue weighted by Crippen LogP contribution is 2.41. The van der Waals surface area contributed by atoms with E-state index in [1.165, 1.54) is 17.0 Å². The number of sulfonamides is 1. The van der Waals surface area contributed by atoms with Crippen LogP contribution in [0.15, 0.2) is 21.6 Å². The molecular formula is C21H25ClN4O5S. The van der Waals surface area contributed by atoms with Gasteiger partial charge in [-0.2, -0.15) is 4.98 Å². The molecule has 9 nitrogen and oxygen atoms in total. The molecule has 0 radical (unpaired) electrons. The lowest BCUT2D eigenvalue weighted by Crippen LogP contribution is -2.39. The Morgan fingerprint density at radius 2 is 1.94 bits per heavy atom. The number of rotatable bonds is 6. The highest BCUT2D eigenvalue weighted by molar-refractivity contribution is 7.89. The van der Waals surface area contributed by atoms with Crippen LogP contribution in [0.4, 0.5) is 5.69 Å². The first-order chi connectivity index (χ1) is 15.3. The van der Waals surface area contributed by atoms with Crippen molar-refractivity contribution < 1.29 is 22.5 Å². The summed E-state index contributed by atoms with van der Waals surface area (Å²) in [4.78, 5) is 18.3. The third-order valence-electron chi connectivity index (χ3n) is 6.29. The summed E-state index contributed by atoms with van der Waals surface area (Å²) in [5.74, 6) is 1.87. The third-order valence-corrected chi connectivity index (χ3v) is 8.28. The molecule has 1 N–H and O–H groups in total. The topological polar surface area (TPSA) is 115 Å². The van der Waals surface area contributed by atoms with Crippen molar-refractivity contribution >= 4 is 33.2 Å². The number of benzene rings is 1. The van der Waals surface area contributed by atoms with Crippen LogP contribution in [0.3, 0.4) is 0 Å². The summed E-state index contributed by atoms with van der Waals surface area (Å²) in [5.41, 5.74) is 0.384. The Labute approximate surface area is 191 Å². The number of carbonyl (C=O) groups excluding carboxylic acids is 1. The van der Waals surface area contributed by atoms with Crippen molar-refractivity contribution in [2.45, 2.75) is 68.8 Å². The zero-order chi connectivity index (χ0) is 22.5. The van der Waals surface area contributed by atoms with Crippen LogP contribution < -0.4 is 14.4 Å². The van der Waals surface area contributed by atoms with E-state index in [1.807, 2.05) is 0 Å². The number of nitrogens with one attached hydrogen (secondary N) is 1. The molecule has 11 heteroatoms. The predicted molar refractivity (Wildman–Crippen MR) is 116 cm³/mol. The summed E-state index contributed by atoms with van der Waals surface area (Å²) >= 11 is 6.39. The number of aromatic nitrogens is 2. The molecule has 1 amide bonds. The SMILES string of the molecule is CC1CCC(NS(=O)(=O)c2cc3c(cc2Cl)N(Cc2noc(C4CC4)n2)C(=O)CO3)CC1. The Balaban J connectivity index is 1.39. The fourth-order valence-corrected chi connectivity index (χ4v) is 6.05. The predicted octanol–water partition coefficient (Wildman–Crippen LogP) is 3.38. The van der Waals surface area contributed by atoms with Gasteiger partial charge >= 0.3 is 0 Å². The molecular weight excluding hydrogens is 456 g/mol. The lowest BCUT2D eigenvalue weighted by atomic mass is 9.88. The van der Waals surface area contributed by atoms with Gasteiger partial charge in [0.2, 0.25) is 15.9 Å². The summed E-state index contributed by atoms with van der Waals surface area (Å²) < 4.78 is 39.7. The van der Waals surface area contributed by atoms with Gasteiger partial charge in [-0.3, -0.25) is 9.69 Å². The Kier molecular flexibility index (Phi) is 5.63. The zero-order valence-electron chi connectivity index (χ0n) is 17.7. The highest BCUT2D eigenvalue weighted by Gasteiger charge is 2.33. The molecule has 0 unspecified atom stereocenters. The monoisotopic (exact) mass is 480 g/mol. The van der Waals surface area contributed by atoms with E-state index in [-0.39, 0.29) is 40.8 Å². The average molecular weight is 481 g/mol. The number of hydrogen-bond donors (Lipinski definition) is 1. The normalized spacial score (nSPS) is 23.7. The van der Waals surface area contributed by atoms with Crippen molar-refractivity contribution in [3.05, 3.63) is 28.9 Å². The van der Waals surface area contributed by atoms with Gasteiger partial charge in [-0.1, -0.05) is 23.7 Å². The Hall–Kier alpha value is -2.17. The van der Waals surface area contributed by atoms with Crippen LogP contribution in [0, 0.1) is 5.92 Å². The van der Waals surface area contributed by atoms with Gasteiger partial charge in [-0.15, -0.1) is 0 Å². The van der Waals surface area contributed by atoms with Crippen LogP contribution in [-0.4, -0.2) is 37.1 Å². The van der Waals surface area contributed by atoms with E-state index in [0.717, 1.165) is 38.5 Å². The quantitative estimate of drug-likeness (QED) is 0.673. The molecule has 0 spiro atoms. The number of ether oxygens (including phenoxy) is 1. The number of amides is 1. The van der Waals surface area contributed by atoms with E-state index >= 15 is 0 Å². The van der Waals surface area contributed by atoms with E-state index in [4.69, 9.17) is 20.9 Å². The number of carbonyl (C=O) groups is 1. The summed E-state index contributed by atoms with van der Waals surface area (Å²) in [6.45, 7) is 2.05. The van der Waals surface area contributed by atoms with Gasteiger partial charge in [0.25, 0.3) is 5.91 Å². The molecule has 0 saturated heterocycles. The molecule has 1 aromatic carbocycles. The second-order valence-electron chi connectivity index (χ2n) is 8.92. The maximum atomic E-state index is 13.0. The fourth-order valence-electron chi connectivity index (χ4n) is 4.21. The summed E-state index contributed by atoms with van der Waals surface area (Å²) in [7, 11) is -3.84. The first kappa shape index (κ1) is 21.7. The first-order valence-electron chi connectivity index (χ1n) is 10.9.